The second-order valence-corrected chi connectivity index (χ2v) is 3.93. The molecule has 5 heteroatoms. The van der Waals surface area contributed by atoms with E-state index < -0.39 is 0 Å². The van der Waals surface area contributed by atoms with Crippen LogP contribution in [0, 0.1) is 0 Å². The fourth-order valence-corrected chi connectivity index (χ4v) is 2.19. The molecule has 1 aromatic heterocycles. The maximum atomic E-state index is 6.09. The molecule has 1 aromatic carbocycles. The molecule has 17 heavy (non-hydrogen) atoms. The predicted molar refractivity (Wildman–Crippen MR) is 73.3 cm³/mol. The fraction of sp³-hybridized carbons (Fsp3) is 0.250. The number of rotatable bonds is 0. The average molecular weight is 272 g/mol. The number of hydrogen-bond acceptors (Lipinski definition) is 2. The van der Waals surface area contributed by atoms with Crippen LogP contribution in [-0.2, 0) is 6.42 Å². The summed E-state index contributed by atoms with van der Waals surface area (Å²) in [5.41, 5.74) is 8.66. The Morgan fingerprint density at radius 2 is 2.00 bits per heavy atom. The van der Waals surface area contributed by atoms with Gasteiger partial charge in [0.2, 0.25) is 0 Å². The van der Waals surface area contributed by atoms with Gasteiger partial charge in [-0.15, -0.1) is 24.8 Å². The van der Waals surface area contributed by atoms with Gasteiger partial charge in [0.15, 0.2) is 0 Å². The van der Waals surface area contributed by atoms with E-state index in [2.05, 4.69) is 33.8 Å². The Morgan fingerprint density at radius 3 is 2.82 bits per heavy atom. The Hall–Kier alpha value is -1.03. The molecule has 0 bridgehead atoms. The van der Waals surface area contributed by atoms with Gasteiger partial charge in [-0.2, -0.15) is 0 Å². The molecule has 0 aliphatic carbocycles. The Morgan fingerprint density at radius 1 is 1.24 bits per heavy atom. The molecule has 1 aliphatic rings. The summed E-state index contributed by atoms with van der Waals surface area (Å²) in [6.07, 6.45) is 5.80. The summed E-state index contributed by atoms with van der Waals surface area (Å²) >= 11 is 0. The van der Waals surface area contributed by atoms with Crippen LogP contribution in [0.25, 0.3) is 5.69 Å². The number of fused-ring (bicyclic) bond motifs is 3. The van der Waals surface area contributed by atoms with Crippen LogP contribution in [-0.4, -0.2) is 9.55 Å². The van der Waals surface area contributed by atoms with E-state index in [-0.39, 0.29) is 30.9 Å². The lowest BCUT2D eigenvalue weighted by Crippen LogP contribution is -2.13. The van der Waals surface area contributed by atoms with Crippen molar-refractivity contribution in [1.29, 1.82) is 0 Å². The van der Waals surface area contributed by atoms with Gasteiger partial charge in [-0.1, -0.05) is 18.2 Å². The van der Waals surface area contributed by atoms with Crippen LogP contribution in [0.15, 0.2) is 36.7 Å². The smallest absolute Gasteiger partial charge is 0.130 e. The van der Waals surface area contributed by atoms with Crippen LogP contribution in [0.1, 0.15) is 23.9 Å². The zero-order valence-electron chi connectivity index (χ0n) is 9.24. The molecular weight excluding hydrogens is 257 g/mol. The van der Waals surface area contributed by atoms with Gasteiger partial charge >= 0.3 is 0 Å². The highest BCUT2D eigenvalue weighted by molar-refractivity contribution is 5.85. The third-order valence-corrected chi connectivity index (χ3v) is 2.98. The molecular formula is C12H15Cl2N3. The lowest BCUT2D eigenvalue weighted by atomic mass is 10.1. The van der Waals surface area contributed by atoms with E-state index in [9.17, 15) is 0 Å². The van der Waals surface area contributed by atoms with Crippen LogP contribution >= 0.6 is 24.8 Å². The standard InChI is InChI=1S/C12H13N3.2ClH/c13-10-6-5-9-3-1-2-4-11(9)15-8-7-14-12(10)15;;/h1-4,7-8,10H,5-6,13H2;2*1H. The first-order valence-electron chi connectivity index (χ1n) is 5.23. The summed E-state index contributed by atoms with van der Waals surface area (Å²) in [6, 6.07) is 8.47. The van der Waals surface area contributed by atoms with Gasteiger partial charge in [0.05, 0.1) is 6.04 Å². The summed E-state index contributed by atoms with van der Waals surface area (Å²) < 4.78 is 2.10. The van der Waals surface area contributed by atoms with Gasteiger partial charge in [0.25, 0.3) is 0 Å². The van der Waals surface area contributed by atoms with E-state index in [1.165, 1.54) is 11.3 Å². The molecule has 2 heterocycles. The van der Waals surface area contributed by atoms with Crippen LogP contribution in [0.2, 0.25) is 0 Å². The minimum Gasteiger partial charge on any atom is -0.321 e. The Labute approximate surface area is 113 Å². The second-order valence-electron chi connectivity index (χ2n) is 3.93. The molecule has 1 atom stereocenters. The maximum Gasteiger partial charge on any atom is 0.130 e. The van der Waals surface area contributed by atoms with E-state index in [1.54, 1.807) is 0 Å². The number of nitrogens with zero attached hydrogens (tertiary/aromatic N) is 2. The Kier molecular flexibility index (Phi) is 4.57. The summed E-state index contributed by atoms with van der Waals surface area (Å²) in [6.45, 7) is 0. The van der Waals surface area contributed by atoms with Crippen molar-refractivity contribution < 1.29 is 0 Å². The second kappa shape index (κ2) is 5.54. The van der Waals surface area contributed by atoms with Crippen molar-refractivity contribution in [3.8, 4) is 5.69 Å². The van der Waals surface area contributed by atoms with Crippen molar-refractivity contribution in [1.82, 2.24) is 9.55 Å². The zero-order valence-corrected chi connectivity index (χ0v) is 10.9. The Bertz CT molecular complexity index is 496. The zero-order chi connectivity index (χ0) is 10.3. The van der Waals surface area contributed by atoms with Gasteiger partial charge in [-0.3, -0.25) is 0 Å². The molecule has 0 fully saturated rings. The van der Waals surface area contributed by atoms with Crippen molar-refractivity contribution >= 4 is 24.8 Å². The third kappa shape index (κ3) is 2.32. The monoisotopic (exact) mass is 271 g/mol. The molecule has 2 aromatic rings. The first-order valence-corrected chi connectivity index (χ1v) is 5.23. The van der Waals surface area contributed by atoms with Gasteiger partial charge < -0.3 is 10.3 Å². The highest BCUT2D eigenvalue weighted by atomic mass is 35.5. The van der Waals surface area contributed by atoms with Crippen LogP contribution < -0.4 is 5.73 Å². The number of aromatic nitrogens is 2. The van der Waals surface area contributed by atoms with Crippen LogP contribution in [0.4, 0.5) is 0 Å². The molecule has 92 valence electrons. The van der Waals surface area contributed by atoms with Crippen molar-refractivity contribution in [2.45, 2.75) is 18.9 Å². The van der Waals surface area contributed by atoms with Crippen molar-refractivity contribution in [3.05, 3.63) is 48.0 Å². The SMILES string of the molecule is Cl.Cl.NC1CCc2ccccc2-n2ccnc21. The highest BCUT2D eigenvalue weighted by Gasteiger charge is 2.19. The van der Waals surface area contributed by atoms with E-state index >= 15 is 0 Å². The lowest BCUT2D eigenvalue weighted by Gasteiger charge is -2.09. The Balaban J connectivity index is 0.000000722. The fourth-order valence-electron chi connectivity index (χ4n) is 2.19. The quantitative estimate of drug-likeness (QED) is 0.801. The molecule has 0 spiro atoms. The topological polar surface area (TPSA) is 43.8 Å². The molecule has 0 radical (unpaired) electrons. The minimum absolute atomic E-state index is 0. The number of benzene rings is 1. The average Bonchev–Trinajstić information content (AvgIpc) is 2.71. The lowest BCUT2D eigenvalue weighted by molar-refractivity contribution is 0.621. The summed E-state index contributed by atoms with van der Waals surface area (Å²) in [4.78, 5) is 4.33. The molecule has 0 amide bonds. The summed E-state index contributed by atoms with van der Waals surface area (Å²) in [7, 11) is 0. The van der Waals surface area contributed by atoms with Gasteiger partial charge in [-0.05, 0) is 24.5 Å². The molecule has 0 saturated heterocycles. The number of imidazole rings is 1. The molecule has 1 aliphatic heterocycles. The largest absolute Gasteiger partial charge is 0.321 e. The molecule has 0 saturated carbocycles. The first-order chi connectivity index (χ1) is 7.36. The third-order valence-electron chi connectivity index (χ3n) is 2.98. The maximum absolute atomic E-state index is 6.09. The van der Waals surface area contributed by atoms with E-state index in [1.807, 2.05) is 12.4 Å². The number of halogens is 2. The van der Waals surface area contributed by atoms with E-state index in [0.717, 1.165) is 18.7 Å². The number of para-hydroxylation sites is 1. The summed E-state index contributed by atoms with van der Waals surface area (Å²) in [5.74, 6) is 0.972. The van der Waals surface area contributed by atoms with Crippen molar-refractivity contribution in [2.75, 3.05) is 0 Å². The van der Waals surface area contributed by atoms with Crippen molar-refractivity contribution in [2.24, 2.45) is 5.73 Å². The molecule has 3 nitrogen and oxygen atoms in total. The molecule has 2 N–H and O–H groups in total. The van der Waals surface area contributed by atoms with Crippen LogP contribution in [0.3, 0.4) is 0 Å². The van der Waals surface area contributed by atoms with Gasteiger partial charge in [0, 0.05) is 18.1 Å². The number of hydrogen-bond donors (Lipinski definition) is 1. The van der Waals surface area contributed by atoms with Crippen LogP contribution in [0.5, 0.6) is 0 Å². The van der Waals surface area contributed by atoms with E-state index in [4.69, 9.17) is 5.73 Å². The van der Waals surface area contributed by atoms with Gasteiger partial charge in [-0.25, -0.2) is 4.98 Å². The first kappa shape index (κ1) is 14.0. The molecule has 1 unspecified atom stereocenters. The summed E-state index contributed by atoms with van der Waals surface area (Å²) in [5, 5.41) is 0. The van der Waals surface area contributed by atoms with E-state index in [0.29, 0.717) is 0 Å². The van der Waals surface area contributed by atoms with Gasteiger partial charge in [0.1, 0.15) is 5.82 Å². The number of aryl methyl sites for hydroxylation is 1. The molecule has 3 rings (SSSR count). The minimum atomic E-state index is 0. The highest BCUT2D eigenvalue weighted by Crippen LogP contribution is 2.26. The predicted octanol–water partition coefficient (Wildman–Crippen LogP) is 2.66. The number of nitrogens with two attached hydrogens (primary N) is 1. The van der Waals surface area contributed by atoms with Crippen molar-refractivity contribution in [3.63, 3.8) is 0 Å². The normalized spacial score (nSPS) is 16.9.